The second-order valence-electron chi connectivity index (χ2n) is 5.67. The summed E-state index contributed by atoms with van der Waals surface area (Å²) in [6.07, 6.45) is 6.69. The molecule has 2 rings (SSSR count). The first-order valence-corrected chi connectivity index (χ1v) is 8.05. The minimum absolute atomic E-state index is 0. The Morgan fingerprint density at radius 3 is 2.62 bits per heavy atom. The van der Waals surface area contributed by atoms with Gasteiger partial charge in [0.1, 0.15) is 0 Å². The molecule has 1 saturated carbocycles. The van der Waals surface area contributed by atoms with E-state index in [9.17, 15) is 0 Å². The molecule has 0 aromatic rings. The summed E-state index contributed by atoms with van der Waals surface area (Å²) in [5, 5.41) is 0. The average Bonchev–Trinajstić information content (AvgIpc) is 3.01. The summed E-state index contributed by atoms with van der Waals surface area (Å²) < 4.78 is 11.2. The van der Waals surface area contributed by atoms with Crippen LogP contribution >= 0.6 is 24.0 Å². The Labute approximate surface area is 145 Å². The summed E-state index contributed by atoms with van der Waals surface area (Å²) in [5.74, 6) is 1.39. The van der Waals surface area contributed by atoms with E-state index in [1.807, 2.05) is 0 Å². The van der Waals surface area contributed by atoms with E-state index in [-0.39, 0.29) is 24.0 Å². The molecule has 21 heavy (non-hydrogen) atoms. The third kappa shape index (κ3) is 6.28. The van der Waals surface area contributed by atoms with E-state index in [0.29, 0.717) is 12.1 Å². The van der Waals surface area contributed by atoms with E-state index in [0.717, 1.165) is 51.8 Å². The van der Waals surface area contributed by atoms with E-state index < -0.39 is 0 Å². The summed E-state index contributed by atoms with van der Waals surface area (Å²) in [5.41, 5.74) is 6.04. The molecule has 1 atom stereocenters. The van der Waals surface area contributed by atoms with Crippen LogP contribution in [0.25, 0.3) is 0 Å². The zero-order valence-electron chi connectivity index (χ0n) is 13.1. The molecule has 1 unspecified atom stereocenters. The molecule has 0 bridgehead atoms. The van der Waals surface area contributed by atoms with Gasteiger partial charge in [-0.2, -0.15) is 0 Å². The van der Waals surface area contributed by atoms with Crippen molar-refractivity contribution in [1.29, 1.82) is 0 Å². The number of ether oxygens (including phenoxy) is 2. The molecule has 0 aromatic heterocycles. The zero-order valence-corrected chi connectivity index (χ0v) is 15.5. The molecule has 2 N–H and O–H groups in total. The van der Waals surface area contributed by atoms with Gasteiger partial charge in [-0.25, -0.2) is 0 Å². The van der Waals surface area contributed by atoms with Crippen molar-refractivity contribution in [3.05, 3.63) is 0 Å². The van der Waals surface area contributed by atoms with E-state index in [1.165, 1.54) is 25.7 Å². The number of hydrogen-bond acceptors (Lipinski definition) is 3. The number of nitrogens with zero attached hydrogens (tertiary/aromatic N) is 2. The Bertz CT molecular complexity index is 303. The molecule has 1 aliphatic carbocycles. The summed E-state index contributed by atoms with van der Waals surface area (Å²) in [7, 11) is 0. The van der Waals surface area contributed by atoms with Gasteiger partial charge in [0.2, 0.25) is 0 Å². The topological polar surface area (TPSA) is 60.1 Å². The molecule has 1 aliphatic heterocycles. The van der Waals surface area contributed by atoms with E-state index in [2.05, 4.69) is 16.8 Å². The molecule has 124 valence electrons. The maximum absolute atomic E-state index is 6.04. The number of nitrogens with two attached hydrogens (primary N) is 1. The van der Waals surface area contributed by atoms with Crippen LogP contribution in [0.1, 0.15) is 39.0 Å². The van der Waals surface area contributed by atoms with Gasteiger partial charge in [-0.1, -0.05) is 12.8 Å². The predicted octanol–water partition coefficient (Wildman–Crippen LogP) is 2.24. The van der Waals surface area contributed by atoms with Crippen molar-refractivity contribution in [2.75, 3.05) is 39.5 Å². The van der Waals surface area contributed by atoms with Gasteiger partial charge in [-0.3, -0.25) is 4.99 Å². The number of rotatable bonds is 6. The average molecular weight is 411 g/mol. The first kappa shape index (κ1) is 19.0. The lowest BCUT2D eigenvalue weighted by molar-refractivity contribution is 0.0176. The quantitative estimate of drug-likeness (QED) is 0.414. The maximum Gasteiger partial charge on any atom is 0.191 e. The van der Waals surface area contributed by atoms with Crippen LogP contribution in [0.15, 0.2) is 4.99 Å². The van der Waals surface area contributed by atoms with Crippen molar-refractivity contribution in [1.82, 2.24) is 4.90 Å². The van der Waals surface area contributed by atoms with Gasteiger partial charge >= 0.3 is 0 Å². The summed E-state index contributed by atoms with van der Waals surface area (Å²) in [6.45, 7) is 6.85. The van der Waals surface area contributed by atoms with Crippen molar-refractivity contribution < 1.29 is 9.47 Å². The minimum atomic E-state index is 0. The summed E-state index contributed by atoms with van der Waals surface area (Å²) in [6, 6.07) is 0. The van der Waals surface area contributed by atoms with Crippen molar-refractivity contribution in [3.8, 4) is 0 Å². The number of halogens is 1. The smallest absolute Gasteiger partial charge is 0.191 e. The highest BCUT2D eigenvalue weighted by molar-refractivity contribution is 14.0. The van der Waals surface area contributed by atoms with Crippen LogP contribution in [0, 0.1) is 5.92 Å². The van der Waals surface area contributed by atoms with Crippen LogP contribution in [-0.4, -0.2) is 56.4 Å². The molecule has 1 heterocycles. The molecular formula is C15H30IN3O2. The Balaban J connectivity index is 0.00000220. The third-order valence-corrected chi connectivity index (χ3v) is 4.33. The first-order valence-electron chi connectivity index (χ1n) is 8.05. The zero-order chi connectivity index (χ0) is 14.2. The largest absolute Gasteiger partial charge is 0.378 e. The highest BCUT2D eigenvalue weighted by atomic mass is 127. The van der Waals surface area contributed by atoms with Gasteiger partial charge in [-0.15, -0.1) is 24.0 Å². The highest BCUT2D eigenvalue weighted by Gasteiger charge is 2.25. The standard InChI is InChI=1S/C15H29N3O2.HI/c1-2-20-14(13-5-3-4-6-13)7-8-17-15(16)18-9-11-19-12-10-18;/h13-14H,2-12H2,1H3,(H2,16,17);1H. The number of morpholine rings is 1. The highest BCUT2D eigenvalue weighted by Crippen LogP contribution is 2.30. The normalized spacial score (nSPS) is 22.1. The van der Waals surface area contributed by atoms with Crippen LogP contribution in [0.2, 0.25) is 0 Å². The van der Waals surface area contributed by atoms with Gasteiger partial charge < -0.3 is 20.1 Å². The SMILES string of the molecule is CCOC(CCN=C(N)N1CCOCC1)C1CCCC1.I. The van der Waals surface area contributed by atoms with Gasteiger partial charge in [0.05, 0.1) is 19.3 Å². The molecular weight excluding hydrogens is 381 g/mol. The van der Waals surface area contributed by atoms with Crippen LogP contribution < -0.4 is 5.73 Å². The van der Waals surface area contributed by atoms with E-state index in [1.54, 1.807) is 0 Å². The van der Waals surface area contributed by atoms with Gasteiger partial charge in [0, 0.05) is 26.2 Å². The second kappa shape index (κ2) is 10.6. The fourth-order valence-electron chi connectivity index (χ4n) is 3.20. The molecule has 2 fully saturated rings. The van der Waals surface area contributed by atoms with Crippen molar-refractivity contribution in [2.45, 2.75) is 45.1 Å². The van der Waals surface area contributed by atoms with Crippen LogP contribution in [0.5, 0.6) is 0 Å². The molecule has 5 nitrogen and oxygen atoms in total. The van der Waals surface area contributed by atoms with Crippen molar-refractivity contribution in [2.24, 2.45) is 16.6 Å². The Kier molecular flexibility index (Phi) is 9.59. The van der Waals surface area contributed by atoms with Crippen LogP contribution in [0.3, 0.4) is 0 Å². The minimum Gasteiger partial charge on any atom is -0.378 e. The van der Waals surface area contributed by atoms with E-state index in [4.69, 9.17) is 15.2 Å². The maximum atomic E-state index is 6.04. The molecule has 0 radical (unpaired) electrons. The van der Waals surface area contributed by atoms with Gasteiger partial charge in [-0.05, 0) is 32.1 Å². The van der Waals surface area contributed by atoms with Gasteiger partial charge in [0.15, 0.2) is 5.96 Å². The lowest BCUT2D eigenvalue weighted by Crippen LogP contribution is -2.45. The Morgan fingerprint density at radius 2 is 2.00 bits per heavy atom. The Morgan fingerprint density at radius 1 is 1.33 bits per heavy atom. The second-order valence-corrected chi connectivity index (χ2v) is 5.67. The molecule has 1 saturated heterocycles. The molecule has 0 spiro atoms. The number of hydrogen-bond donors (Lipinski definition) is 1. The Hall–Kier alpha value is -0.0800. The molecule has 0 amide bonds. The summed E-state index contributed by atoms with van der Waals surface area (Å²) >= 11 is 0. The molecule has 0 aromatic carbocycles. The van der Waals surface area contributed by atoms with Gasteiger partial charge in [0.25, 0.3) is 0 Å². The lowest BCUT2D eigenvalue weighted by Gasteiger charge is -2.28. The monoisotopic (exact) mass is 411 g/mol. The fraction of sp³-hybridized carbons (Fsp3) is 0.933. The fourth-order valence-corrected chi connectivity index (χ4v) is 3.20. The molecule has 6 heteroatoms. The lowest BCUT2D eigenvalue weighted by atomic mass is 9.98. The summed E-state index contributed by atoms with van der Waals surface area (Å²) in [4.78, 5) is 6.63. The first-order chi connectivity index (χ1) is 9.81. The number of guanidine groups is 1. The van der Waals surface area contributed by atoms with Crippen LogP contribution in [-0.2, 0) is 9.47 Å². The van der Waals surface area contributed by atoms with Crippen molar-refractivity contribution >= 4 is 29.9 Å². The van der Waals surface area contributed by atoms with Crippen molar-refractivity contribution in [3.63, 3.8) is 0 Å². The third-order valence-electron chi connectivity index (χ3n) is 4.33. The van der Waals surface area contributed by atoms with E-state index >= 15 is 0 Å². The van der Waals surface area contributed by atoms with Crippen LogP contribution in [0.4, 0.5) is 0 Å². The molecule has 2 aliphatic rings. The number of aliphatic imine (C=N–C) groups is 1. The predicted molar refractivity (Wildman–Crippen MR) is 96.3 cm³/mol.